The van der Waals surface area contributed by atoms with E-state index in [9.17, 15) is 53.5 Å². The maximum atomic E-state index is 13.3. The molecule has 0 N–H and O–H groups in total. The van der Waals surface area contributed by atoms with Crippen LogP contribution in [0.3, 0.4) is 0 Å². The first kappa shape index (κ1) is 28.1. The fraction of sp³-hybridized carbons (Fsp3) is 0.846. The number of hydrogen-bond acceptors (Lipinski definition) is 7. The lowest BCUT2D eigenvalue weighted by Crippen LogP contribution is -2.52. The summed E-state index contributed by atoms with van der Waals surface area (Å²) >= 11 is 0. The highest BCUT2D eigenvalue weighted by molar-refractivity contribution is 5.74. The first-order chi connectivity index (χ1) is 13.4. The van der Waals surface area contributed by atoms with Crippen molar-refractivity contribution in [3.63, 3.8) is 0 Å². The van der Waals surface area contributed by atoms with Gasteiger partial charge in [0.05, 0.1) is 27.4 Å². The summed E-state index contributed by atoms with van der Waals surface area (Å²) in [4.78, 5) is 21.3. The monoisotopic (exact) mass is 472 g/mol. The molecule has 0 aliphatic rings. The van der Waals surface area contributed by atoms with E-state index in [1.807, 2.05) is 0 Å². The fourth-order valence-corrected chi connectivity index (χ4v) is 1.29. The van der Waals surface area contributed by atoms with Gasteiger partial charge in [0.25, 0.3) is 0 Å². The van der Waals surface area contributed by atoms with Crippen LogP contribution in [-0.4, -0.2) is 82.6 Å². The van der Waals surface area contributed by atoms with Crippen LogP contribution >= 0.6 is 0 Å². The minimum Gasteiger partial charge on any atom is -0.467 e. The zero-order chi connectivity index (χ0) is 24.0. The van der Waals surface area contributed by atoms with E-state index in [-0.39, 0.29) is 0 Å². The molecule has 0 bridgehead atoms. The average molecular weight is 472 g/mol. The van der Waals surface area contributed by atoms with Crippen molar-refractivity contribution in [2.45, 2.75) is 36.6 Å². The molecule has 0 radical (unpaired) electrons. The van der Waals surface area contributed by atoms with Crippen LogP contribution in [0.5, 0.6) is 0 Å². The predicted octanol–water partition coefficient (Wildman–Crippen LogP) is 2.47. The van der Waals surface area contributed by atoms with Crippen LogP contribution in [0.15, 0.2) is 0 Å². The first-order valence-electron chi connectivity index (χ1n) is 7.31. The number of methoxy groups -OCH3 is 2. The van der Waals surface area contributed by atoms with E-state index in [2.05, 4.69) is 23.7 Å². The minimum absolute atomic E-state index is 0.616. The van der Waals surface area contributed by atoms with E-state index < -0.39 is 68.4 Å². The van der Waals surface area contributed by atoms with Gasteiger partial charge in [-0.3, -0.25) is 0 Å². The van der Waals surface area contributed by atoms with Crippen molar-refractivity contribution < 1.29 is 77.2 Å². The third kappa shape index (κ3) is 7.42. The van der Waals surface area contributed by atoms with Crippen molar-refractivity contribution in [1.82, 2.24) is 0 Å². The van der Waals surface area contributed by atoms with Gasteiger partial charge in [-0.05, 0) is 0 Å². The smallest absolute Gasteiger partial charge is 0.448 e. The molecule has 0 fully saturated rings. The van der Waals surface area contributed by atoms with Gasteiger partial charge in [0.2, 0.25) is 12.3 Å². The third-order valence-corrected chi connectivity index (χ3v) is 2.94. The number of rotatable bonds is 13. The van der Waals surface area contributed by atoms with E-state index in [1.165, 1.54) is 0 Å². The maximum absolute atomic E-state index is 13.3. The van der Waals surface area contributed by atoms with Crippen LogP contribution in [-0.2, 0) is 33.3 Å². The van der Waals surface area contributed by atoms with Crippen molar-refractivity contribution in [2.24, 2.45) is 0 Å². The standard InChI is InChI=1S/C13H14F10O7/c1-26-8(24)6(14)3-28-11(18,19)10(16,17)5-30-13(22,23)12(20,21)29-4-7(15)9(25)27-2/h6-7H,3-5H2,1-2H3. The largest absolute Gasteiger partial charge is 0.467 e. The molecule has 30 heavy (non-hydrogen) atoms. The molecular weight excluding hydrogens is 458 g/mol. The van der Waals surface area contributed by atoms with E-state index in [4.69, 9.17) is 0 Å². The summed E-state index contributed by atoms with van der Waals surface area (Å²) in [5, 5.41) is 0. The summed E-state index contributed by atoms with van der Waals surface area (Å²) in [6.45, 7) is -7.15. The van der Waals surface area contributed by atoms with Crippen molar-refractivity contribution >= 4 is 11.9 Å². The zero-order valence-corrected chi connectivity index (χ0v) is 14.9. The minimum atomic E-state index is -6.02. The number of ether oxygens (including phenoxy) is 5. The second kappa shape index (κ2) is 10.4. The van der Waals surface area contributed by atoms with Gasteiger partial charge < -0.3 is 23.7 Å². The molecule has 0 aromatic heterocycles. The molecule has 0 aliphatic carbocycles. The quantitative estimate of drug-likeness (QED) is 0.301. The average Bonchev–Trinajstić information content (AvgIpc) is 2.67. The van der Waals surface area contributed by atoms with E-state index >= 15 is 0 Å². The number of hydrogen-bond donors (Lipinski definition) is 0. The Labute approximate surface area is 161 Å². The Morgan fingerprint density at radius 3 is 1.37 bits per heavy atom. The SMILES string of the molecule is COC(=O)C(F)COC(F)(F)C(F)(F)COC(F)(F)C(F)(F)OCC(F)C(=O)OC. The number of carbonyl (C=O) groups excluding carboxylic acids is 2. The highest BCUT2D eigenvalue weighted by Gasteiger charge is 2.65. The Kier molecular flexibility index (Phi) is 9.78. The molecule has 0 spiro atoms. The van der Waals surface area contributed by atoms with Gasteiger partial charge in [-0.15, -0.1) is 0 Å². The van der Waals surface area contributed by atoms with Crippen LogP contribution < -0.4 is 0 Å². The number of alkyl halides is 10. The van der Waals surface area contributed by atoms with Gasteiger partial charge in [-0.1, -0.05) is 0 Å². The summed E-state index contributed by atoms with van der Waals surface area (Å²) in [7, 11) is 1.24. The molecule has 0 saturated carbocycles. The first-order valence-corrected chi connectivity index (χ1v) is 7.31. The summed E-state index contributed by atoms with van der Waals surface area (Å²) < 4.78 is 149. The van der Waals surface area contributed by atoms with Gasteiger partial charge in [0.1, 0.15) is 6.61 Å². The molecule has 7 nitrogen and oxygen atoms in total. The summed E-state index contributed by atoms with van der Waals surface area (Å²) in [6, 6.07) is 0. The molecule has 2 unspecified atom stereocenters. The molecule has 0 aromatic rings. The number of halogens is 10. The van der Waals surface area contributed by atoms with E-state index in [0.717, 1.165) is 0 Å². The molecule has 0 aliphatic heterocycles. The molecule has 0 aromatic carbocycles. The van der Waals surface area contributed by atoms with Crippen molar-refractivity contribution in [1.29, 1.82) is 0 Å². The number of carbonyl (C=O) groups is 2. The normalized spacial score (nSPS) is 15.5. The zero-order valence-electron chi connectivity index (χ0n) is 14.9. The van der Waals surface area contributed by atoms with Crippen LogP contribution in [0.4, 0.5) is 43.9 Å². The Morgan fingerprint density at radius 1 is 0.667 bits per heavy atom. The summed E-state index contributed by atoms with van der Waals surface area (Å²) in [5.74, 6) is -9.32. The van der Waals surface area contributed by atoms with Gasteiger partial charge in [0.15, 0.2) is 0 Å². The van der Waals surface area contributed by atoms with Gasteiger partial charge in [-0.25, -0.2) is 18.4 Å². The van der Waals surface area contributed by atoms with E-state index in [1.54, 1.807) is 0 Å². The molecular formula is C13H14F10O7. The Hall–Kier alpha value is -1.88. The molecule has 2 atom stereocenters. The Balaban J connectivity index is 5.00. The highest BCUT2D eigenvalue weighted by Crippen LogP contribution is 2.41. The lowest BCUT2D eigenvalue weighted by Gasteiger charge is -2.30. The predicted molar refractivity (Wildman–Crippen MR) is 71.5 cm³/mol. The van der Waals surface area contributed by atoms with Gasteiger partial charge in [-0.2, -0.15) is 35.1 Å². The molecule has 17 heteroatoms. The summed E-state index contributed by atoms with van der Waals surface area (Å²) in [5.41, 5.74) is 0. The van der Waals surface area contributed by atoms with E-state index in [0.29, 0.717) is 14.2 Å². The molecule has 0 amide bonds. The van der Waals surface area contributed by atoms with Crippen LogP contribution in [0.2, 0.25) is 0 Å². The highest BCUT2D eigenvalue weighted by atomic mass is 19.3. The Morgan fingerprint density at radius 2 is 1.00 bits per heavy atom. The second-order valence-corrected chi connectivity index (χ2v) is 5.15. The maximum Gasteiger partial charge on any atom is 0.448 e. The third-order valence-electron chi connectivity index (χ3n) is 2.94. The lowest BCUT2D eigenvalue weighted by atomic mass is 10.3. The molecule has 0 rings (SSSR count). The topological polar surface area (TPSA) is 80.3 Å². The molecule has 0 heterocycles. The van der Waals surface area contributed by atoms with Gasteiger partial charge in [0, 0.05) is 0 Å². The van der Waals surface area contributed by atoms with Crippen LogP contribution in [0.25, 0.3) is 0 Å². The number of esters is 2. The van der Waals surface area contributed by atoms with Crippen LogP contribution in [0.1, 0.15) is 0 Å². The second-order valence-electron chi connectivity index (χ2n) is 5.15. The van der Waals surface area contributed by atoms with Crippen LogP contribution in [0, 0.1) is 0 Å². The molecule has 178 valence electrons. The van der Waals surface area contributed by atoms with Crippen molar-refractivity contribution in [3.8, 4) is 0 Å². The van der Waals surface area contributed by atoms with Gasteiger partial charge >= 0.3 is 36.2 Å². The Bertz CT molecular complexity index is 537. The fourth-order valence-electron chi connectivity index (χ4n) is 1.29. The summed E-state index contributed by atoms with van der Waals surface area (Å²) in [6.07, 6.45) is -23.6. The lowest BCUT2D eigenvalue weighted by molar-refractivity contribution is -0.448. The van der Waals surface area contributed by atoms with Crippen molar-refractivity contribution in [3.05, 3.63) is 0 Å². The van der Waals surface area contributed by atoms with Crippen molar-refractivity contribution in [2.75, 3.05) is 34.0 Å². The molecule has 0 saturated heterocycles.